The number of hydrogen-bond acceptors (Lipinski definition) is 8. The van der Waals surface area contributed by atoms with Crippen molar-refractivity contribution in [3.05, 3.63) is 72.9 Å². The van der Waals surface area contributed by atoms with Gasteiger partial charge in [0.25, 0.3) is 0 Å². The van der Waals surface area contributed by atoms with Crippen LogP contribution in [0.4, 0.5) is 0 Å². The second-order valence-electron chi connectivity index (χ2n) is 6.91. The van der Waals surface area contributed by atoms with Crippen molar-refractivity contribution in [1.82, 2.24) is 0 Å². The van der Waals surface area contributed by atoms with Crippen molar-refractivity contribution in [2.45, 2.75) is 33.4 Å². The Morgan fingerprint density at radius 1 is 0.500 bits per heavy atom. The third-order valence-corrected chi connectivity index (χ3v) is 4.52. The van der Waals surface area contributed by atoms with Gasteiger partial charge in [-0.15, -0.1) is 0 Å². The van der Waals surface area contributed by atoms with E-state index < -0.39 is 0 Å². The van der Waals surface area contributed by atoms with Crippen molar-refractivity contribution in [3.63, 3.8) is 0 Å². The molecule has 1 rings (SSSR count). The predicted octanol–water partition coefficient (Wildman–Crippen LogP) is 4.27. The van der Waals surface area contributed by atoms with Gasteiger partial charge in [-0.2, -0.15) is 0 Å². The van der Waals surface area contributed by atoms with Crippen LogP contribution in [0, 0.1) is 0 Å². The Balaban J connectivity index is 2.92. The summed E-state index contributed by atoms with van der Waals surface area (Å²) in [5, 5.41) is 0. The summed E-state index contributed by atoms with van der Waals surface area (Å²) in [7, 11) is 0. The Hall–Kier alpha value is -2.36. The molecule has 0 saturated heterocycles. The van der Waals surface area contributed by atoms with Crippen LogP contribution in [0.5, 0.6) is 0 Å². The smallest absolute Gasteiger partial charge is 0.111 e. The lowest BCUT2D eigenvalue weighted by Gasteiger charge is -2.18. The van der Waals surface area contributed by atoms with Crippen LogP contribution in [-0.2, 0) is 64.3 Å². The summed E-state index contributed by atoms with van der Waals surface area (Å²) in [6.45, 7) is 18.7. The van der Waals surface area contributed by atoms with Gasteiger partial charge in [0.1, 0.15) is 19.8 Å². The van der Waals surface area contributed by atoms with Crippen molar-refractivity contribution >= 4 is 0 Å². The second-order valence-corrected chi connectivity index (χ2v) is 6.91. The monoisotopic (exact) mass is 480 g/mol. The lowest BCUT2D eigenvalue weighted by atomic mass is 9.99. The summed E-state index contributed by atoms with van der Waals surface area (Å²) in [4.78, 5) is 0. The molecule has 1 aromatic carbocycles. The highest BCUT2D eigenvalue weighted by molar-refractivity contribution is 5.38. The third-order valence-electron chi connectivity index (χ3n) is 4.52. The fourth-order valence-electron chi connectivity index (χ4n) is 2.89. The molecule has 0 unspecified atom stereocenters. The quantitative estimate of drug-likeness (QED) is 0.160. The summed E-state index contributed by atoms with van der Waals surface area (Å²) in [6.07, 6.45) is 4.21. The predicted molar refractivity (Wildman–Crippen MR) is 130 cm³/mol. The topological polar surface area (TPSA) is 73.8 Å². The molecular weight excluding hydrogens is 440 g/mol. The van der Waals surface area contributed by atoms with Gasteiger partial charge in [-0.1, -0.05) is 31.9 Å². The molecule has 0 bridgehead atoms. The average Bonchev–Trinajstić information content (AvgIpc) is 2.84. The molecule has 192 valence electrons. The Morgan fingerprint density at radius 3 is 1.09 bits per heavy atom. The number of benzene rings is 1. The molecule has 0 radical (unpaired) electrons. The minimum absolute atomic E-state index is 0.417. The van der Waals surface area contributed by atoms with E-state index in [9.17, 15) is 0 Å². The Kier molecular flexibility index (Phi) is 18.5. The van der Waals surface area contributed by atoms with E-state index in [-0.39, 0.29) is 0 Å². The standard InChI is InChI=1S/C26H40O8/c1-5-27-9-13-31-19-23-17-25(21-33-15-11-29-7-3)26(22-34-16-12-30-8-4)18-24(23)20-32-14-10-28-6-2/h5-7,17-18H,1-3,8-16,19-22H2,4H3. The van der Waals surface area contributed by atoms with E-state index in [1.807, 2.05) is 6.92 Å². The molecule has 8 heteroatoms. The van der Waals surface area contributed by atoms with Gasteiger partial charge in [-0.25, -0.2) is 0 Å². The maximum atomic E-state index is 5.84. The average molecular weight is 481 g/mol. The molecule has 0 aliphatic heterocycles. The van der Waals surface area contributed by atoms with Gasteiger partial charge in [-0.3, -0.25) is 0 Å². The first-order chi connectivity index (χ1) is 16.8. The van der Waals surface area contributed by atoms with Crippen LogP contribution in [-0.4, -0.2) is 59.5 Å². The van der Waals surface area contributed by atoms with Crippen molar-refractivity contribution in [3.8, 4) is 0 Å². The van der Waals surface area contributed by atoms with Crippen molar-refractivity contribution in [2.75, 3.05) is 59.5 Å². The first-order valence-electron chi connectivity index (χ1n) is 11.5. The highest BCUT2D eigenvalue weighted by atomic mass is 16.5. The van der Waals surface area contributed by atoms with E-state index in [0.29, 0.717) is 85.9 Å². The summed E-state index contributed by atoms with van der Waals surface area (Å²) >= 11 is 0. The minimum atomic E-state index is 0.417. The number of ether oxygens (including phenoxy) is 8. The molecule has 0 amide bonds. The fraction of sp³-hybridized carbons (Fsp3) is 0.538. The molecule has 0 heterocycles. The molecule has 0 saturated carbocycles. The Labute approximate surface area is 204 Å². The van der Waals surface area contributed by atoms with E-state index in [0.717, 1.165) is 22.3 Å². The molecule has 0 aliphatic rings. The molecule has 8 nitrogen and oxygen atoms in total. The van der Waals surface area contributed by atoms with Gasteiger partial charge in [0.15, 0.2) is 0 Å². The second kappa shape index (κ2) is 21.2. The molecule has 0 fully saturated rings. The largest absolute Gasteiger partial charge is 0.499 e. The zero-order valence-corrected chi connectivity index (χ0v) is 20.5. The van der Waals surface area contributed by atoms with Gasteiger partial charge in [0.2, 0.25) is 0 Å². The number of rotatable bonds is 24. The normalized spacial score (nSPS) is 10.6. The zero-order chi connectivity index (χ0) is 24.7. The highest BCUT2D eigenvalue weighted by Crippen LogP contribution is 2.22. The van der Waals surface area contributed by atoms with Crippen LogP contribution in [0.3, 0.4) is 0 Å². The molecule has 34 heavy (non-hydrogen) atoms. The highest BCUT2D eigenvalue weighted by Gasteiger charge is 2.12. The lowest BCUT2D eigenvalue weighted by Crippen LogP contribution is -2.11. The molecule has 0 spiro atoms. The third kappa shape index (κ3) is 14.0. The van der Waals surface area contributed by atoms with Crippen molar-refractivity contribution in [2.24, 2.45) is 0 Å². The van der Waals surface area contributed by atoms with Crippen LogP contribution in [0.25, 0.3) is 0 Å². The van der Waals surface area contributed by atoms with Gasteiger partial charge >= 0.3 is 0 Å². The first-order valence-corrected chi connectivity index (χ1v) is 11.5. The first kappa shape index (κ1) is 29.7. The van der Waals surface area contributed by atoms with E-state index in [1.54, 1.807) is 0 Å². The summed E-state index contributed by atoms with van der Waals surface area (Å²) in [5.41, 5.74) is 4.09. The van der Waals surface area contributed by atoms with Crippen LogP contribution < -0.4 is 0 Å². The SMILES string of the molecule is C=COCCOCc1cc(COCCOC=C)c(COCCOCC)cc1COCCOC=C. The lowest BCUT2D eigenvalue weighted by molar-refractivity contribution is 0.0427. The van der Waals surface area contributed by atoms with Crippen LogP contribution in [0.1, 0.15) is 29.2 Å². The maximum Gasteiger partial charge on any atom is 0.111 e. The van der Waals surface area contributed by atoms with E-state index >= 15 is 0 Å². The molecular formula is C26H40O8. The molecule has 0 N–H and O–H groups in total. The molecule has 1 aromatic rings. The van der Waals surface area contributed by atoms with Crippen molar-refractivity contribution < 1.29 is 37.9 Å². The fourth-order valence-corrected chi connectivity index (χ4v) is 2.89. The van der Waals surface area contributed by atoms with Gasteiger partial charge in [-0.05, 0) is 29.2 Å². The number of hydrogen-bond donors (Lipinski definition) is 0. The summed E-state index contributed by atoms with van der Waals surface area (Å²) in [5.74, 6) is 0. The van der Waals surface area contributed by atoms with Crippen LogP contribution >= 0.6 is 0 Å². The maximum absolute atomic E-state index is 5.84. The Bertz CT molecular complexity index is 677. The van der Waals surface area contributed by atoms with Crippen LogP contribution in [0.2, 0.25) is 0 Å². The Morgan fingerprint density at radius 2 is 0.794 bits per heavy atom. The van der Waals surface area contributed by atoms with Gasteiger partial charge in [0, 0.05) is 6.61 Å². The van der Waals surface area contributed by atoms with Crippen LogP contribution in [0.15, 0.2) is 50.7 Å². The molecule has 0 aromatic heterocycles. The summed E-state index contributed by atoms with van der Waals surface area (Å²) in [6, 6.07) is 4.18. The molecule has 0 atom stereocenters. The van der Waals surface area contributed by atoms with Crippen molar-refractivity contribution in [1.29, 1.82) is 0 Å². The van der Waals surface area contributed by atoms with E-state index in [2.05, 4.69) is 31.9 Å². The van der Waals surface area contributed by atoms with Gasteiger partial charge < -0.3 is 37.9 Å². The van der Waals surface area contributed by atoms with E-state index in [4.69, 9.17) is 37.9 Å². The summed E-state index contributed by atoms with van der Waals surface area (Å²) < 4.78 is 44.0. The minimum Gasteiger partial charge on any atom is -0.499 e. The molecule has 0 aliphatic carbocycles. The van der Waals surface area contributed by atoms with E-state index in [1.165, 1.54) is 18.8 Å². The van der Waals surface area contributed by atoms with Gasteiger partial charge in [0.05, 0.1) is 78.2 Å². The zero-order valence-electron chi connectivity index (χ0n) is 20.5.